The number of esters is 1. The van der Waals surface area contributed by atoms with Crippen LogP contribution in [0.15, 0.2) is 26.9 Å². The van der Waals surface area contributed by atoms with Gasteiger partial charge < -0.3 is 76.8 Å². The molecular weight excluding hydrogens is 855 g/mol. The Balaban J connectivity index is 2.22. The molecule has 21 nitrogen and oxygen atoms in total. The number of ether oxygens (including phenoxy) is 5. The van der Waals surface area contributed by atoms with Crippen molar-refractivity contribution < 1.29 is 68.1 Å². The van der Waals surface area contributed by atoms with E-state index in [1.807, 2.05) is 6.92 Å². The fraction of sp³-hybridized carbons (Fsp3) is 0.538. The summed E-state index contributed by atoms with van der Waals surface area (Å²) in [5, 5.41) is 52.7. The van der Waals surface area contributed by atoms with Crippen LogP contribution in [0.25, 0.3) is 0 Å². The molecule has 0 aliphatic carbocycles. The topological polar surface area (TPSA) is 325 Å². The standard InChI is InChI=1S/C39H59N7O14S2/c1-8-20(2)29(37(54)45-22(38(55)60-7)13-11-15-43-39(40)41)46-36(53)21(44-28(50)19-62-35-24(48)17-26(57-4)31(52)33(35)59-6)12-9-10-14-42-27(49)18-61-34-23(47)16-25(56-3)30(51)32(34)58-5/h16-17,20-22,29,47-48,51-52H,8-15,18-19H2,1-7H3,(H,42,49)(H,44,50)(H,45,54)(H,46,53)(H4,40,41,43)/t20-,21+,22-,29-/m0/s1. The number of carbonyl (C=O) groups is 5. The van der Waals surface area contributed by atoms with Gasteiger partial charge in [0, 0.05) is 25.2 Å². The van der Waals surface area contributed by atoms with E-state index in [1.54, 1.807) is 6.92 Å². The van der Waals surface area contributed by atoms with Gasteiger partial charge in [0.25, 0.3) is 0 Å². The first-order valence-electron chi connectivity index (χ1n) is 19.4. The van der Waals surface area contributed by atoms with E-state index in [1.165, 1.54) is 41.6 Å². The second kappa shape index (κ2) is 26.5. The molecule has 12 N–H and O–H groups in total. The van der Waals surface area contributed by atoms with Crippen LogP contribution in [0.3, 0.4) is 0 Å². The molecule has 0 saturated carbocycles. The van der Waals surface area contributed by atoms with Gasteiger partial charge in [-0.2, -0.15) is 0 Å². The molecule has 0 aromatic heterocycles. The summed E-state index contributed by atoms with van der Waals surface area (Å²) in [6.45, 7) is 3.92. The van der Waals surface area contributed by atoms with E-state index in [2.05, 4.69) is 26.3 Å². The van der Waals surface area contributed by atoms with Crippen molar-refractivity contribution in [1.29, 1.82) is 0 Å². The molecule has 0 aliphatic heterocycles. The van der Waals surface area contributed by atoms with E-state index < -0.39 is 59.4 Å². The summed E-state index contributed by atoms with van der Waals surface area (Å²) < 4.78 is 25.4. The van der Waals surface area contributed by atoms with E-state index in [0.717, 1.165) is 29.6 Å². The SMILES string of the molecule is CC[C@H](C)[C@H](NC(=O)[C@@H](CCCCNC(=O)CSc1c(O)cc(OC)c(O)c1OC)NC(=O)CSc1c(O)cc(OC)c(O)c1OC)C(=O)N[C@@H](CCCN=C(N)N)C(=O)OC. The van der Waals surface area contributed by atoms with E-state index in [4.69, 9.17) is 35.2 Å². The number of rotatable bonds is 27. The number of phenols is 4. The van der Waals surface area contributed by atoms with E-state index in [9.17, 15) is 44.4 Å². The molecule has 0 saturated heterocycles. The van der Waals surface area contributed by atoms with Crippen LogP contribution in [0, 0.1) is 5.92 Å². The Labute approximate surface area is 368 Å². The Morgan fingerprint density at radius 2 is 1.24 bits per heavy atom. The number of nitrogens with one attached hydrogen (secondary N) is 4. The van der Waals surface area contributed by atoms with Crippen LogP contribution in [0.5, 0.6) is 46.0 Å². The highest BCUT2D eigenvalue weighted by Gasteiger charge is 2.33. The smallest absolute Gasteiger partial charge is 0.328 e. The molecule has 23 heteroatoms. The zero-order valence-electron chi connectivity index (χ0n) is 35.8. The fourth-order valence-corrected chi connectivity index (χ4v) is 7.57. The molecule has 62 heavy (non-hydrogen) atoms. The number of hydrogen-bond acceptors (Lipinski definition) is 17. The number of unbranched alkanes of at least 4 members (excludes halogenated alkanes) is 1. The number of aromatic hydroxyl groups is 4. The third kappa shape index (κ3) is 15.6. The highest BCUT2D eigenvalue weighted by molar-refractivity contribution is 8.00. The molecule has 2 rings (SSSR count). The molecular formula is C39H59N7O14S2. The normalized spacial score (nSPS) is 12.7. The Morgan fingerprint density at radius 3 is 1.73 bits per heavy atom. The monoisotopic (exact) mass is 913 g/mol. The third-order valence-electron chi connectivity index (χ3n) is 9.29. The quantitative estimate of drug-likeness (QED) is 0.0151. The van der Waals surface area contributed by atoms with Gasteiger partial charge in [0.1, 0.15) is 29.6 Å². The number of methoxy groups -OCH3 is 5. The predicted octanol–water partition coefficient (Wildman–Crippen LogP) is 1.44. The van der Waals surface area contributed by atoms with Gasteiger partial charge in [0.2, 0.25) is 35.1 Å². The average Bonchev–Trinajstić information content (AvgIpc) is 3.25. The molecule has 4 amide bonds. The first-order chi connectivity index (χ1) is 29.5. The molecule has 0 heterocycles. The molecule has 0 bridgehead atoms. The number of amides is 4. The predicted molar refractivity (Wildman–Crippen MR) is 231 cm³/mol. The molecule has 0 radical (unpaired) electrons. The number of phenolic OH excluding ortho intramolecular Hbond substituents is 4. The number of nitrogens with zero attached hydrogens (tertiary/aromatic N) is 1. The number of carbonyl (C=O) groups excluding carboxylic acids is 5. The van der Waals surface area contributed by atoms with Crippen LogP contribution < -0.4 is 51.7 Å². The summed E-state index contributed by atoms with van der Waals surface area (Å²) in [6.07, 6.45) is 1.63. The number of benzene rings is 2. The maximum atomic E-state index is 14.0. The summed E-state index contributed by atoms with van der Waals surface area (Å²) in [4.78, 5) is 70.4. The van der Waals surface area contributed by atoms with Gasteiger partial charge in [-0.3, -0.25) is 24.2 Å². The minimum atomic E-state index is -1.19. The second-order valence-corrected chi connectivity index (χ2v) is 15.5. The van der Waals surface area contributed by atoms with Crippen molar-refractivity contribution in [3.8, 4) is 46.0 Å². The lowest BCUT2D eigenvalue weighted by Gasteiger charge is -2.28. The minimum Gasteiger partial charge on any atom is -0.506 e. The van der Waals surface area contributed by atoms with Crippen LogP contribution in [0.1, 0.15) is 52.4 Å². The van der Waals surface area contributed by atoms with E-state index in [-0.39, 0.29) is 93.4 Å². The molecule has 0 unspecified atom stereocenters. The van der Waals surface area contributed by atoms with Gasteiger partial charge in [-0.15, -0.1) is 23.5 Å². The molecule has 0 fully saturated rings. The van der Waals surface area contributed by atoms with Crippen molar-refractivity contribution in [2.75, 3.05) is 60.1 Å². The van der Waals surface area contributed by atoms with Crippen molar-refractivity contribution in [3.05, 3.63) is 12.1 Å². The van der Waals surface area contributed by atoms with Crippen molar-refractivity contribution in [1.82, 2.24) is 21.3 Å². The Hall–Kier alpha value is -5.84. The first-order valence-corrected chi connectivity index (χ1v) is 21.3. The zero-order chi connectivity index (χ0) is 46.5. The van der Waals surface area contributed by atoms with Gasteiger partial charge in [-0.25, -0.2) is 4.79 Å². The van der Waals surface area contributed by atoms with Gasteiger partial charge in [0.15, 0.2) is 29.0 Å². The van der Waals surface area contributed by atoms with Crippen molar-refractivity contribution in [2.45, 2.75) is 80.3 Å². The number of nitrogens with two attached hydrogens (primary N) is 2. The van der Waals surface area contributed by atoms with Crippen LogP contribution in [-0.4, -0.2) is 134 Å². The van der Waals surface area contributed by atoms with Crippen LogP contribution in [0.2, 0.25) is 0 Å². The molecule has 2 aromatic rings. The average molecular weight is 914 g/mol. The maximum Gasteiger partial charge on any atom is 0.328 e. The Kier molecular flexibility index (Phi) is 22.3. The lowest BCUT2D eigenvalue weighted by molar-refractivity contribution is -0.146. The van der Waals surface area contributed by atoms with Gasteiger partial charge in [-0.1, -0.05) is 20.3 Å². The van der Waals surface area contributed by atoms with E-state index >= 15 is 0 Å². The number of aliphatic imine (C=N–C) groups is 1. The van der Waals surface area contributed by atoms with Crippen LogP contribution in [0.4, 0.5) is 0 Å². The Bertz CT molecular complexity index is 1880. The summed E-state index contributed by atoms with van der Waals surface area (Å²) in [6, 6.07) is -1.05. The zero-order valence-corrected chi connectivity index (χ0v) is 37.5. The first kappa shape index (κ1) is 52.3. The van der Waals surface area contributed by atoms with Crippen LogP contribution in [-0.2, 0) is 28.7 Å². The lowest BCUT2D eigenvalue weighted by Crippen LogP contribution is -2.57. The number of hydrogen-bond donors (Lipinski definition) is 10. The molecule has 4 atom stereocenters. The van der Waals surface area contributed by atoms with Crippen molar-refractivity contribution in [2.24, 2.45) is 22.4 Å². The lowest BCUT2D eigenvalue weighted by atomic mass is 9.96. The minimum absolute atomic E-state index is 0.00898. The highest BCUT2D eigenvalue weighted by Crippen LogP contribution is 2.49. The van der Waals surface area contributed by atoms with Gasteiger partial charge in [-0.05, 0) is 38.0 Å². The van der Waals surface area contributed by atoms with Gasteiger partial charge in [0.05, 0.1) is 56.8 Å². The molecule has 346 valence electrons. The third-order valence-corrected chi connectivity index (χ3v) is 11.5. The van der Waals surface area contributed by atoms with Gasteiger partial charge >= 0.3 is 5.97 Å². The maximum absolute atomic E-state index is 14.0. The summed E-state index contributed by atoms with van der Waals surface area (Å²) in [7, 11) is 6.33. The summed E-state index contributed by atoms with van der Waals surface area (Å²) >= 11 is 1.76. The Morgan fingerprint density at radius 1 is 0.710 bits per heavy atom. The number of guanidine groups is 1. The molecule has 0 spiro atoms. The molecule has 0 aliphatic rings. The second-order valence-electron chi connectivity index (χ2n) is 13.6. The largest absolute Gasteiger partial charge is 0.506 e. The van der Waals surface area contributed by atoms with Crippen LogP contribution >= 0.6 is 23.5 Å². The van der Waals surface area contributed by atoms with Crippen molar-refractivity contribution >= 4 is 59.1 Å². The number of thioether (sulfide) groups is 2. The van der Waals surface area contributed by atoms with Crippen molar-refractivity contribution in [3.63, 3.8) is 0 Å². The van der Waals surface area contributed by atoms with E-state index in [0.29, 0.717) is 25.7 Å². The summed E-state index contributed by atoms with van der Waals surface area (Å²) in [5.74, 6) is -5.73. The fourth-order valence-electron chi connectivity index (χ4n) is 5.80. The summed E-state index contributed by atoms with van der Waals surface area (Å²) in [5.41, 5.74) is 10.8. The molecule has 2 aromatic carbocycles. The highest BCUT2D eigenvalue weighted by atomic mass is 32.2.